The van der Waals surface area contributed by atoms with Gasteiger partial charge in [-0.15, -0.1) is 0 Å². The van der Waals surface area contributed by atoms with E-state index in [1.807, 2.05) is 0 Å². The van der Waals surface area contributed by atoms with Crippen molar-refractivity contribution < 1.29 is 29.6 Å². The van der Waals surface area contributed by atoms with Crippen LogP contribution >= 0.6 is 0 Å². The molecule has 0 aromatic rings. The third kappa shape index (κ3) is 7.79. The molecule has 1 aliphatic rings. The maximum Gasteiger partial charge on any atom is 0.309 e. The maximum atomic E-state index is 11.6. The summed E-state index contributed by atoms with van der Waals surface area (Å²) >= 11 is 0. The number of carboxylic acids is 1. The van der Waals surface area contributed by atoms with E-state index < -0.39 is 5.97 Å². The van der Waals surface area contributed by atoms with E-state index in [9.17, 15) is 9.59 Å². The van der Waals surface area contributed by atoms with Crippen LogP contribution in [0.1, 0.15) is 39.5 Å². The molecule has 0 aromatic carbocycles. The SMILES string of the molecule is CC(C)OC(=O)C1CCCC(C(=O)O)C1.OCCO. The van der Waals surface area contributed by atoms with Crippen molar-refractivity contribution in [2.75, 3.05) is 13.2 Å². The van der Waals surface area contributed by atoms with Crippen molar-refractivity contribution in [2.24, 2.45) is 11.8 Å². The molecule has 3 N–H and O–H groups in total. The van der Waals surface area contributed by atoms with E-state index in [4.69, 9.17) is 20.1 Å². The fourth-order valence-corrected chi connectivity index (χ4v) is 1.96. The van der Waals surface area contributed by atoms with E-state index in [0.717, 1.165) is 12.8 Å². The number of esters is 1. The maximum absolute atomic E-state index is 11.6. The van der Waals surface area contributed by atoms with Crippen LogP contribution in [0.3, 0.4) is 0 Å². The molecular formula is C13H24O6. The number of carbonyl (C=O) groups excluding carboxylic acids is 1. The number of aliphatic hydroxyl groups is 2. The molecule has 0 aromatic heterocycles. The first-order valence-electron chi connectivity index (χ1n) is 6.57. The number of aliphatic carboxylic acids is 1. The second-order valence-corrected chi connectivity index (χ2v) is 4.83. The number of rotatable bonds is 4. The first-order chi connectivity index (χ1) is 8.92. The highest BCUT2D eigenvalue weighted by molar-refractivity contribution is 5.75. The van der Waals surface area contributed by atoms with Gasteiger partial charge in [0.15, 0.2) is 0 Å². The average molecular weight is 276 g/mol. The molecule has 112 valence electrons. The van der Waals surface area contributed by atoms with Crippen LogP contribution in [0.4, 0.5) is 0 Å². The van der Waals surface area contributed by atoms with Crippen molar-refractivity contribution >= 4 is 11.9 Å². The molecular weight excluding hydrogens is 252 g/mol. The van der Waals surface area contributed by atoms with Gasteiger partial charge >= 0.3 is 11.9 Å². The number of hydrogen-bond acceptors (Lipinski definition) is 5. The number of aliphatic hydroxyl groups excluding tert-OH is 2. The minimum atomic E-state index is -0.794. The van der Waals surface area contributed by atoms with Crippen LogP contribution in [0.25, 0.3) is 0 Å². The summed E-state index contributed by atoms with van der Waals surface area (Å²) in [5.41, 5.74) is 0. The van der Waals surface area contributed by atoms with Crippen molar-refractivity contribution in [1.29, 1.82) is 0 Å². The second kappa shape index (κ2) is 9.75. The Kier molecular flexibility index (Phi) is 9.16. The minimum absolute atomic E-state index is 0.122. The number of hydrogen-bond donors (Lipinski definition) is 3. The molecule has 1 fully saturated rings. The predicted molar refractivity (Wildman–Crippen MR) is 68.5 cm³/mol. The van der Waals surface area contributed by atoms with E-state index in [1.165, 1.54) is 0 Å². The molecule has 0 saturated heterocycles. The van der Waals surface area contributed by atoms with Gasteiger partial charge < -0.3 is 20.1 Å². The Balaban J connectivity index is 0.000000711. The summed E-state index contributed by atoms with van der Waals surface area (Å²) in [7, 11) is 0. The van der Waals surface area contributed by atoms with Gasteiger partial charge in [0.05, 0.1) is 31.2 Å². The Morgan fingerprint density at radius 3 is 2.11 bits per heavy atom. The normalized spacial score (nSPS) is 22.4. The largest absolute Gasteiger partial charge is 0.481 e. The lowest BCUT2D eigenvalue weighted by atomic mass is 9.81. The summed E-state index contributed by atoms with van der Waals surface area (Å²) in [6, 6.07) is 0. The van der Waals surface area contributed by atoms with Gasteiger partial charge in [-0.05, 0) is 33.1 Å². The summed E-state index contributed by atoms with van der Waals surface area (Å²) in [4.78, 5) is 22.4. The lowest BCUT2D eigenvalue weighted by Crippen LogP contribution is -2.29. The van der Waals surface area contributed by atoms with Gasteiger partial charge in [-0.2, -0.15) is 0 Å². The van der Waals surface area contributed by atoms with Crippen LogP contribution in [0.5, 0.6) is 0 Å². The van der Waals surface area contributed by atoms with E-state index in [2.05, 4.69) is 0 Å². The summed E-state index contributed by atoms with van der Waals surface area (Å²) in [5.74, 6) is -1.63. The zero-order valence-corrected chi connectivity index (χ0v) is 11.5. The Bertz CT molecular complexity index is 274. The van der Waals surface area contributed by atoms with Gasteiger partial charge in [-0.1, -0.05) is 6.42 Å². The predicted octanol–water partition coefficient (Wildman–Crippen LogP) is 0.800. The van der Waals surface area contributed by atoms with Gasteiger partial charge in [-0.3, -0.25) is 9.59 Å². The van der Waals surface area contributed by atoms with Gasteiger partial charge in [0.1, 0.15) is 0 Å². The number of carbonyl (C=O) groups is 2. The monoisotopic (exact) mass is 276 g/mol. The van der Waals surface area contributed by atoms with Gasteiger partial charge in [-0.25, -0.2) is 0 Å². The van der Waals surface area contributed by atoms with Crippen molar-refractivity contribution in [3.8, 4) is 0 Å². The van der Waals surface area contributed by atoms with E-state index in [0.29, 0.717) is 12.8 Å². The molecule has 1 aliphatic carbocycles. The van der Waals surface area contributed by atoms with Crippen molar-refractivity contribution in [1.82, 2.24) is 0 Å². The molecule has 0 aliphatic heterocycles. The Hall–Kier alpha value is -1.14. The molecule has 1 rings (SSSR count). The average Bonchev–Trinajstić information content (AvgIpc) is 2.38. The van der Waals surface area contributed by atoms with Crippen LogP contribution in [0.15, 0.2) is 0 Å². The first kappa shape index (κ1) is 17.9. The van der Waals surface area contributed by atoms with E-state index in [1.54, 1.807) is 13.8 Å². The Morgan fingerprint density at radius 2 is 1.68 bits per heavy atom. The minimum Gasteiger partial charge on any atom is -0.481 e. The Labute approximate surface area is 113 Å². The number of ether oxygens (including phenoxy) is 1. The molecule has 2 atom stereocenters. The Morgan fingerprint density at radius 1 is 1.16 bits per heavy atom. The summed E-state index contributed by atoms with van der Waals surface area (Å²) < 4.78 is 5.09. The molecule has 0 radical (unpaired) electrons. The van der Waals surface area contributed by atoms with E-state index in [-0.39, 0.29) is 37.1 Å². The fraction of sp³-hybridized carbons (Fsp3) is 0.846. The van der Waals surface area contributed by atoms with E-state index >= 15 is 0 Å². The summed E-state index contributed by atoms with van der Waals surface area (Å²) in [6.07, 6.45) is 2.55. The molecule has 0 heterocycles. The van der Waals surface area contributed by atoms with Crippen molar-refractivity contribution in [2.45, 2.75) is 45.6 Å². The lowest BCUT2D eigenvalue weighted by Gasteiger charge is -2.25. The summed E-state index contributed by atoms with van der Waals surface area (Å²) in [5, 5.41) is 24.1. The van der Waals surface area contributed by atoms with Crippen LogP contribution in [0.2, 0.25) is 0 Å². The second-order valence-electron chi connectivity index (χ2n) is 4.83. The molecule has 0 bridgehead atoms. The molecule has 0 spiro atoms. The highest BCUT2D eigenvalue weighted by Gasteiger charge is 2.32. The molecule has 19 heavy (non-hydrogen) atoms. The van der Waals surface area contributed by atoms with Crippen molar-refractivity contribution in [3.63, 3.8) is 0 Å². The zero-order valence-electron chi connectivity index (χ0n) is 11.5. The highest BCUT2D eigenvalue weighted by Crippen LogP contribution is 2.30. The van der Waals surface area contributed by atoms with Crippen molar-refractivity contribution in [3.05, 3.63) is 0 Å². The first-order valence-corrected chi connectivity index (χ1v) is 6.57. The third-order valence-corrected chi connectivity index (χ3v) is 2.81. The van der Waals surface area contributed by atoms with Crippen LogP contribution in [0, 0.1) is 11.8 Å². The zero-order chi connectivity index (χ0) is 14.8. The fourth-order valence-electron chi connectivity index (χ4n) is 1.96. The third-order valence-electron chi connectivity index (χ3n) is 2.81. The van der Waals surface area contributed by atoms with Gasteiger partial charge in [0.25, 0.3) is 0 Å². The van der Waals surface area contributed by atoms with Gasteiger partial charge in [0, 0.05) is 0 Å². The summed E-state index contributed by atoms with van der Waals surface area (Å²) in [6.45, 7) is 3.35. The van der Waals surface area contributed by atoms with Crippen LogP contribution in [-0.4, -0.2) is 46.6 Å². The molecule has 6 heteroatoms. The molecule has 6 nitrogen and oxygen atoms in total. The quantitative estimate of drug-likeness (QED) is 0.656. The van der Waals surface area contributed by atoms with Crippen LogP contribution < -0.4 is 0 Å². The lowest BCUT2D eigenvalue weighted by molar-refractivity contribution is -0.155. The molecule has 1 saturated carbocycles. The smallest absolute Gasteiger partial charge is 0.309 e. The molecule has 0 amide bonds. The van der Waals surface area contributed by atoms with Gasteiger partial charge in [0.2, 0.25) is 0 Å². The standard InChI is InChI=1S/C11H18O4.C2H6O2/c1-7(2)15-11(14)9-5-3-4-8(6-9)10(12)13;3-1-2-4/h7-9H,3-6H2,1-2H3,(H,12,13);3-4H,1-2H2. The molecule has 2 unspecified atom stereocenters. The highest BCUT2D eigenvalue weighted by atomic mass is 16.5. The topological polar surface area (TPSA) is 104 Å². The van der Waals surface area contributed by atoms with Crippen LogP contribution in [-0.2, 0) is 14.3 Å². The number of carboxylic acid groups (broad SMARTS) is 1.